The van der Waals surface area contributed by atoms with Gasteiger partial charge < -0.3 is 14.9 Å². The zero-order chi connectivity index (χ0) is 15.0. The van der Waals surface area contributed by atoms with E-state index < -0.39 is 5.97 Å². The van der Waals surface area contributed by atoms with Gasteiger partial charge in [-0.3, -0.25) is 4.98 Å². The number of para-hydroxylation sites is 1. The molecule has 0 bridgehead atoms. The predicted molar refractivity (Wildman–Crippen MR) is 83.0 cm³/mol. The molecule has 0 amide bonds. The highest BCUT2D eigenvalue weighted by Gasteiger charge is 2.28. The average molecular weight is 285 g/mol. The molecule has 21 heavy (non-hydrogen) atoms. The topological polar surface area (TPSA) is 56.7 Å². The van der Waals surface area contributed by atoms with Crippen LogP contribution < -0.4 is 4.90 Å². The highest BCUT2D eigenvalue weighted by atomic mass is 16.4. The maximum absolute atomic E-state index is 11.6. The van der Waals surface area contributed by atoms with Crippen molar-refractivity contribution in [3.63, 3.8) is 0 Å². The van der Waals surface area contributed by atoms with E-state index in [9.17, 15) is 9.90 Å². The third-order valence-electron chi connectivity index (χ3n) is 4.19. The maximum Gasteiger partial charge on any atom is 0.339 e. The first kappa shape index (κ1) is 13.8. The maximum atomic E-state index is 11.6. The monoisotopic (exact) mass is 285 g/mol. The summed E-state index contributed by atoms with van der Waals surface area (Å²) in [7, 11) is 4.13. The predicted octanol–water partition coefficient (Wildman–Crippen LogP) is 2.07. The van der Waals surface area contributed by atoms with Gasteiger partial charge in [0.1, 0.15) is 5.56 Å². The summed E-state index contributed by atoms with van der Waals surface area (Å²) in [4.78, 5) is 20.2. The van der Waals surface area contributed by atoms with Crippen LogP contribution in [0.5, 0.6) is 0 Å². The molecule has 0 radical (unpaired) electrons. The smallest absolute Gasteiger partial charge is 0.339 e. The summed E-state index contributed by atoms with van der Waals surface area (Å²) in [5.74, 6) is -0.920. The molecular weight excluding hydrogens is 266 g/mol. The van der Waals surface area contributed by atoms with Gasteiger partial charge in [0.2, 0.25) is 0 Å². The molecule has 1 atom stereocenters. The van der Waals surface area contributed by atoms with E-state index in [-0.39, 0.29) is 5.56 Å². The largest absolute Gasteiger partial charge is 0.478 e. The molecule has 5 nitrogen and oxygen atoms in total. The molecule has 1 N–H and O–H groups in total. The van der Waals surface area contributed by atoms with Crippen LogP contribution in [0, 0.1) is 0 Å². The number of hydrogen-bond donors (Lipinski definition) is 1. The molecule has 5 heteroatoms. The number of hydrogen-bond acceptors (Lipinski definition) is 4. The molecule has 1 saturated heterocycles. The minimum atomic E-state index is -0.920. The van der Waals surface area contributed by atoms with Gasteiger partial charge in [-0.1, -0.05) is 18.2 Å². The van der Waals surface area contributed by atoms with Gasteiger partial charge in [-0.05, 0) is 26.6 Å². The lowest BCUT2D eigenvalue weighted by atomic mass is 10.1. The number of carboxylic acid groups (broad SMARTS) is 1. The van der Waals surface area contributed by atoms with Gasteiger partial charge in [-0.2, -0.15) is 0 Å². The van der Waals surface area contributed by atoms with Crippen molar-refractivity contribution in [3.05, 3.63) is 36.0 Å². The molecule has 1 aliphatic heterocycles. The number of rotatable bonds is 3. The second-order valence-corrected chi connectivity index (χ2v) is 5.69. The second-order valence-electron chi connectivity index (χ2n) is 5.69. The lowest BCUT2D eigenvalue weighted by Crippen LogP contribution is -2.32. The summed E-state index contributed by atoms with van der Waals surface area (Å²) in [5.41, 5.74) is 1.93. The first-order valence-electron chi connectivity index (χ1n) is 7.10. The van der Waals surface area contributed by atoms with Crippen LogP contribution >= 0.6 is 0 Å². The van der Waals surface area contributed by atoms with E-state index in [1.807, 2.05) is 24.3 Å². The van der Waals surface area contributed by atoms with Gasteiger partial charge >= 0.3 is 5.97 Å². The number of pyridine rings is 1. The lowest BCUT2D eigenvalue weighted by molar-refractivity contribution is 0.0697. The van der Waals surface area contributed by atoms with E-state index in [2.05, 4.69) is 28.9 Å². The van der Waals surface area contributed by atoms with E-state index in [0.717, 1.165) is 36.1 Å². The Balaban J connectivity index is 2.11. The van der Waals surface area contributed by atoms with Gasteiger partial charge in [-0.25, -0.2) is 4.79 Å². The Morgan fingerprint density at radius 1 is 1.38 bits per heavy atom. The van der Waals surface area contributed by atoms with Crippen LogP contribution in [0.4, 0.5) is 5.69 Å². The number of aromatic nitrogens is 1. The molecule has 1 aromatic carbocycles. The van der Waals surface area contributed by atoms with E-state index in [0.29, 0.717) is 6.04 Å². The Hall–Kier alpha value is -2.14. The highest BCUT2D eigenvalue weighted by Crippen LogP contribution is 2.32. The fraction of sp³-hybridized carbons (Fsp3) is 0.375. The van der Waals surface area contributed by atoms with Gasteiger partial charge in [0.05, 0.1) is 11.2 Å². The molecule has 2 heterocycles. The SMILES string of the molecule is CN(C)C1CCN(c2c(C(=O)O)cnc3ccccc23)C1. The van der Waals surface area contributed by atoms with Crippen LogP contribution in [0.1, 0.15) is 16.8 Å². The molecule has 110 valence electrons. The molecule has 1 unspecified atom stereocenters. The van der Waals surface area contributed by atoms with Crippen LogP contribution in [0.2, 0.25) is 0 Å². The number of nitrogens with zero attached hydrogens (tertiary/aromatic N) is 3. The van der Waals surface area contributed by atoms with Crippen molar-refractivity contribution in [1.29, 1.82) is 0 Å². The van der Waals surface area contributed by atoms with Crippen LogP contribution in [0.3, 0.4) is 0 Å². The average Bonchev–Trinajstić information content (AvgIpc) is 2.95. The Morgan fingerprint density at radius 3 is 2.81 bits per heavy atom. The van der Waals surface area contributed by atoms with Gasteiger partial charge in [0.15, 0.2) is 0 Å². The Kier molecular flexibility index (Phi) is 3.51. The second kappa shape index (κ2) is 5.33. The first-order chi connectivity index (χ1) is 10.1. The lowest BCUT2D eigenvalue weighted by Gasteiger charge is -2.24. The molecule has 1 aromatic heterocycles. The molecule has 1 fully saturated rings. The molecule has 0 spiro atoms. The van der Waals surface area contributed by atoms with Gasteiger partial charge in [-0.15, -0.1) is 0 Å². The van der Waals surface area contributed by atoms with Crippen molar-refractivity contribution in [3.8, 4) is 0 Å². The number of aromatic carboxylic acids is 1. The quantitative estimate of drug-likeness (QED) is 0.935. The Morgan fingerprint density at radius 2 is 2.14 bits per heavy atom. The number of benzene rings is 1. The van der Waals surface area contributed by atoms with Crippen molar-refractivity contribution in [2.24, 2.45) is 0 Å². The minimum Gasteiger partial charge on any atom is -0.478 e. The number of anilines is 1. The standard InChI is InChI=1S/C16H19N3O2/c1-18(2)11-7-8-19(10-11)15-12-5-3-4-6-14(12)17-9-13(15)16(20)21/h3-6,9,11H,7-8,10H2,1-2H3,(H,20,21). The number of likely N-dealkylation sites (N-methyl/N-ethyl adjacent to an activating group) is 1. The normalized spacial score (nSPS) is 18.6. The van der Waals surface area contributed by atoms with Crippen molar-refractivity contribution >= 4 is 22.6 Å². The first-order valence-corrected chi connectivity index (χ1v) is 7.10. The van der Waals surface area contributed by atoms with E-state index in [4.69, 9.17) is 0 Å². The van der Waals surface area contributed by atoms with Crippen LogP contribution in [0.25, 0.3) is 10.9 Å². The zero-order valence-corrected chi connectivity index (χ0v) is 12.3. The Labute approximate surface area is 123 Å². The number of carboxylic acids is 1. The van der Waals surface area contributed by atoms with Crippen molar-refractivity contribution in [1.82, 2.24) is 9.88 Å². The summed E-state index contributed by atoms with van der Waals surface area (Å²) in [6, 6.07) is 8.18. The third-order valence-corrected chi connectivity index (χ3v) is 4.19. The molecule has 2 aromatic rings. The third kappa shape index (κ3) is 2.45. The summed E-state index contributed by atoms with van der Waals surface area (Å²) in [6.45, 7) is 1.72. The van der Waals surface area contributed by atoms with E-state index in [1.54, 1.807) is 0 Å². The summed E-state index contributed by atoms with van der Waals surface area (Å²) in [6.07, 6.45) is 2.52. The van der Waals surface area contributed by atoms with Gasteiger partial charge in [0.25, 0.3) is 0 Å². The highest BCUT2D eigenvalue weighted by molar-refractivity contribution is 6.04. The minimum absolute atomic E-state index is 0.285. The molecule has 0 saturated carbocycles. The van der Waals surface area contributed by atoms with Crippen molar-refractivity contribution in [2.45, 2.75) is 12.5 Å². The summed E-state index contributed by atoms with van der Waals surface area (Å²) >= 11 is 0. The fourth-order valence-electron chi connectivity index (χ4n) is 2.99. The molecular formula is C16H19N3O2. The van der Waals surface area contributed by atoms with E-state index >= 15 is 0 Å². The number of carbonyl (C=O) groups is 1. The zero-order valence-electron chi connectivity index (χ0n) is 12.3. The summed E-state index contributed by atoms with van der Waals surface area (Å²) in [5, 5.41) is 10.4. The Bertz CT molecular complexity index is 684. The van der Waals surface area contributed by atoms with Crippen LogP contribution in [-0.4, -0.2) is 54.2 Å². The molecule has 1 aliphatic rings. The number of fused-ring (bicyclic) bond motifs is 1. The molecule has 3 rings (SSSR count). The van der Waals surface area contributed by atoms with Crippen LogP contribution in [0.15, 0.2) is 30.5 Å². The van der Waals surface area contributed by atoms with Crippen LogP contribution in [-0.2, 0) is 0 Å². The van der Waals surface area contributed by atoms with Crippen molar-refractivity contribution in [2.75, 3.05) is 32.1 Å². The van der Waals surface area contributed by atoms with Crippen molar-refractivity contribution < 1.29 is 9.90 Å². The fourth-order valence-corrected chi connectivity index (χ4v) is 2.99. The summed E-state index contributed by atoms with van der Waals surface area (Å²) < 4.78 is 0. The van der Waals surface area contributed by atoms with E-state index in [1.165, 1.54) is 6.20 Å². The molecule has 0 aliphatic carbocycles. The van der Waals surface area contributed by atoms with Gasteiger partial charge in [0, 0.05) is 30.7 Å².